The standard InChI is InChI=1S/C13H24O4S/c14-12(15)8-4-2-1-3-6-11(10-18)7-5-9-13(16)17/h11,18H,1-10H2,(H,14,15)(H,16,17)/t11-/m1/s1. The molecule has 0 heterocycles. The van der Waals surface area contributed by atoms with Crippen LogP contribution in [0.25, 0.3) is 0 Å². The first-order valence-corrected chi connectivity index (χ1v) is 7.24. The van der Waals surface area contributed by atoms with Crippen LogP contribution in [-0.4, -0.2) is 27.9 Å². The lowest BCUT2D eigenvalue weighted by atomic mass is 9.96. The van der Waals surface area contributed by atoms with Gasteiger partial charge in [-0.1, -0.05) is 19.3 Å². The lowest BCUT2D eigenvalue weighted by Gasteiger charge is -2.13. The predicted octanol–water partition coefficient (Wildman–Crippen LogP) is 3.21. The Hall–Kier alpha value is -0.710. The van der Waals surface area contributed by atoms with Crippen molar-refractivity contribution in [2.75, 3.05) is 5.75 Å². The van der Waals surface area contributed by atoms with E-state index < -0.39 is 11.9 Å². The fourth-order valence-corrected chi connectivity index (χ4v) is 2.30. The Balaban J connectivity index is 3.43. The molecule has 0 bridgehead atoms. The summed E-state index contributed by atoms with van der Waals surface area (Å²) in [5.41, 5.74) is 0. The number of hydrogen-bond donors (Lipinski definition) is 3. The Morgan fingerprint density at radius 2 is 1.33 bits per heavy atom. The summed E-state index contributed by atoms with van der Waals surface area (Å²) >= 11 is 4.29. The van der Waals surface area contributed by atoms with Crippen LogP contribution in [0, 0.1) is 5.92 Å². The first kappa shape index (κ1) is 17.3. The average Bonchev–Trinajstić information content (AvgIpc) is 2.30. The van der Waals surface area contributed by atoms with E-state index in [-0.39, 0.29) is 12.8 Å². The van der Waals surface area contributed by atoms with Crippen molar-refractivity contribution in [1.29, 1.82) is 0 Å². The van der Waals surface area contributed by atoms with Crippen LogP contribution in [0.1, 0.15) is 57.8 Å². The molecule has 0 saturated carbocycles. The highest BCUT2D eigenvalue weighted by molar-refractivity contribution is 7.80. The minimum atomic E-state index is -0.735. The van der Waals surface area contributed by atoms with E-state index >= 15 is 0 Å². The van der Waals surface area contributed by atoms with E-state index in [9.17, 15) is 9.59 Å². The minimum Gasteiger partial charge on any atom is -0.481 e. The third-order valence-electron chi connectivity index (χ3n) is 3.01. The van der Waals surface area contributed by atoms with Gasteiger partial charge in [0.25, 0.3) is 0 Å². The highest BCUT2D eigenvalue weighted by Crippen LogP contribution is 2.18. The molecule has 0 aromatic heterocycles. The van der Waals surface area contributed by atoms with Crippen LogP contribution in [0.15, 0.2) is 0 Å². The van der Waals surface area contributed by atoms with Gasteiger partial charge in [0.05, 0.1) is 0 Å². The molecule has 0 unspecified atom stereocenters. The van der Waals surface area contributed by atoms with Crippen molar-refractivity contribution in [3.8, 4) is 0 Å². The van der Waals surface area contributed by atoms with Gasteiger partial charge in [0, 0.05) is 12.8 Å². The number of carbonyl (C=O) groups is 2. The summed E-state index contributed by atoms with van der Waals surface area (Å²) in [5.74, 6) is -0.167. The second-order valence-corrected chi connectivity index (χ2v) is 5.05. The fraction of sp³-hybridized carbons (Fsp3) is 0.846. The van der Waals surface area contributed by atoms with Crippen molar-refractivity contribution in [3.05, 3.63) is 0 Å². The monoisotopic (exact) mass is 276 g/mol. The Bertz CT molecular complexity index is 243. The highest BCUT2D eigenvalue weighted by Gasteiger charge is 2.08. The van der Waals surface area contributed by atoms with Gasteiger partial charge in [0.15, 0.2) is 0 Å². The maximum absolute atomic E-state index is 10.4. The molecule has 4 nitrogen and oxygen atoms in total. The van der Waals surface area contributed by atoms with E-state index in [4.69, 9.17) is 10.2 Å². The lowest BCUT2D eigenvalue weighted by molar-refractivity contribution is -0.138. The third-order valence-corrected chi connectivity index (χ3v) is 3.53. The van der Waals surface area contributed by atoms with Crippen LogP contribution in [0.3, 0.4) is 0 Å². The number of carboxylic acids is 2. The van der Waals surface area contributed by atoms with Gasteiger partial charge in [-0.25, -0.2) is 0 Å². The van der Waals surface area contributed by atoms with E-state index in [0.29, 0.717) is 5.92 Å². The first-order valence-electron chi connectivity index (χ1n) is 6.60. The molecule has 1 atom stereocenters. The highest BCUT2D eigenvalue weighted by atomic mass is 32.1. The van der Waals surface area contributed by atoms with Crippen LogP contribution < -0.4 is 0 Å². The molecule has 106 valence electrons. The number of unbranched alkanes of at least 4 members (excludes halogenated alkanes) is 3. The van der Waals surface area contributed by atoms with Gasteiger partial charge in [0.1, 0.15) is 0 Å². The van der Waals surface area contributed by atoms with Crippen molar-refractivity contribution >= 4 is 24.6 Å². The quantitative estimate of drug-likeness (QED) is 0.378. The summed E-state index contributed by atoms with van der Waals surface area (Å²) in [4.78, 5) is 20.7. The molecule has 0 rings (SSSR count). The van der Waals surface area contributed by atoms with Crippen LogP contribution in [0.2, 0.25) is 0 Å². The van der Waals surface area contributed by atoms with Crippen molar-refractivity contribution < 1.29 is 19.8 Å². The summed E-state index contributed by atoms with van der Waals surface area (Å²) in [6.45, 7) is 0. The van der Waals surface area contributed by atoms with E-state index in [1.165, 1.54) is 0 Å². The van der Waals surface area contributed by atoms with Crippen LogP contribution >= 0.6 is 12.6 Å². The van der Waals surface area contributed by atoms with Crippen LogP contribution in [-0.2, 0) is 9.59 Å². The normalized spacial score (nSPS) is 12.3. The molecule has 0 aliphatic heterocycles. The van der Waals surface area contributed by atoms with Gasteiger partial charge in [-0.3, -0.25) is 9.59 Å². The number of thiol groups is 1. The van der Waals surface area contributed by atoms with E-state index in [2.05, 4.69) is 12.6 Å². The predicted molar refractivity (Wildman–Crippen MR) is 74.2 cm³/mol. The Morgan fingerprint density at radius 3 is 1.89 bits per heavy atom. The largest absolute Gasteiger partial charge is 0.481 e. The molecule has 0 fully saturated rings. The molecular formula is C13H24O4S. The second kappa shape index (κ2) is 11.4. The smallest absolute Gasteiger partial charge is 0.303 e. The van der Waals surface area contributed by atoms with E-state index in [1.54, 1.807) is 0 Å². The summed E-state index contributed by atoms with van der Waals surface area (Å²) in [7, 11) is 0. The second-order valence-electron chi connectivity index (χ2n) is 4.68. The van der Waals surface area contributed by atoms with Crippen molar-refractivity contribution in [2.24, 2.45) is 5.92 Å². The van der Waals surface area contributed by atoms with Gasteiger partial charge in [-0.05, 0) is 37.4 Å². The molecule has 0 aromatic rings. The zero-order valence-corrected chi connectivity index (χ0v) is 11.7. The molecule has 0 spiro atoms. The summed E-state index contributed by atoms with van der Waals surface area (Å²) < 4.78 is 0. The Morgan fingerprint density at radius 1 is 0.833 bits per heavy atom. The summed E-state index contributed by atoms with van der Waals surface area (Å²) in [5, 5.41) is 17.0. The van der Waals surface area contributed by atoms with Gasteiger partial charge in [-0.2, -0.15) is 12.6 Å². The summed E-state index contributed by atoms with van der Waals surface area (Å²) in [6.07, 6.45) is 7.05. The minimum absolute atomic E-state index is 0.239. The number of hydrogen-bond acceptors (Lipinski definition) is 3. The zero-order valence-electron chi connectivity index (χ0n) is 10.8. The fourth-order valence-electron chi connectivity index (χ4n) is 1.93. The number of carboxylic acid groups (broad SMARTS) is 2. The summed E-state index contributed by atoms with van der Waals surface area (Å²) in [6, 6.07) is 0. The average molecular weight is 276 g/mol. The van der Waals surface area contributed by atoms with Gasteiger partial charge in [0.2, 0.25) is 0 Å². The molecule has 5 heteroatoms. The Labute approximate surface area is 114 Å². The van der Waals surface area contributed by atoms with Gasteiger partial charge >= 0.3 is 11.9 Å². The van der Waals surface area contributed by atoms with Crippen LogP contribution in [0.5, 0.6) is 0 Å². The number of rotatable bonds is 12. The van der Waals surface area contributed by atoms with Gasteiger partial charge in [-0.15, -0.1) is 0 Å². The number of aliphatic carboxylic acids is 2. The van der Waals surface area contributed by atoms with E-state index in [0.717, 1.165) is 50.7 Å². The molecule has 0 aliphatic carbocycles. The maximum atomic E-state index is 10.4. The molecule has 18 heavy (non-hydrogen) atoms. The molecule has 0 saturated heterocycles. The van der Waals surface area contributed by atoms with Gasteiger partial charge < -0.3 is 10.2 Å². The molecule has 0 radical (unpaired) electrons. The SMILES string of the molecule is O=C(O)CCCCCC[C@@H](CS)CCCC(=O)O. The van der Waals surface area contributed by atoms with E-state index in [1.807, 2.05) is 0 Å². The first-order chi connectivity index (χ1) is 8.56. The molecule has 0 aromatic carbocycles. The van der Waals surface area contributed by atoms with Crippen molar-refractivity contribution in [1.82, 2.24) is 0 Å². The molecular weight excluding hydrogens is 252 g/mol. The molecule has 0 amide bonds. The topological polar surface area (TPSA) is 74.6 Å². The third kappa shape index (κ3) is 11.8. The van der Waals surface area contributed by atoms with Crippen molar-refractivity contribution in [3.63, 3.8) is 0 Å². The molecule has 0 aliphatic rings. The zero-order chi connectivity index (χ0) is 13.8. The maximum Gasteiger partial charge on any atom is 0.303 e. The van der Waals surface area contributed by atoms with Crippen LogP contribution in [0.4, 0.5) is 0 Å². The Kier molecular flexibility index (Phi) is 10.9. The lowest BCUT2D eigenvalue weighted by Crippen LogP contribution is -2.04. The van der Waals surface area contributed by atoms with Crippen molar-refractivity contribution in [2.45, 2.75) is 57.8 Å². The molecule has 2 N–H and O–H groups in total.